The predicted octanol–water partition coefficient (Wildman–Crippen LogP) is -1.79. The van der Waals surface area contributed by atoms with Gasteiger partial charge in [-0.15, -0.1) is 0 Å². The van der Waals surface area contributed by atoms with Crippen LogP contribution in [0.25, 0.3) is 0 Å². The van der Waals surface area contributed by atoms with Crippen LogP contribution in [0, 0.1) is 0 Å². The number of hydrogen-bond donors (Lipinski definition) is 5. The summed E-state index contributed by atoms with van der Waals surface area (Å²) in [5.41, 5.74) is 7.05. The van der Waals surface area contributed by atoms with Gasteiger partial charge >= 0.3 is 18.0 Å². The zero-order valence-corrected chi connectivity index (χ0v) is 16.3. The Labute approximate surface area is 176 Å². The zero-order chi connectivity index (χ0) is 23.1. The molecule has 2 saturated heterocycles. The summed E-state index contributed by atoms with van der Waals surface area (Å²) in [6, 6.07) is 7.25. The molecule has 0 aliphatic carbocycles. The molecule has 2 unspecified atom stereocenters. The van der Waals surface area contributed by atoms with E-state index in [0.717, 1.165) is 11.4 Å². The van der Waals surface area contributed by atoms with E-state index in [4.69, 9.17) is 35.6 Å². The summed E-state index contributed by atoms with van der Waals surface area (Å²) < 4.78 is 10.2. The highest BCUT2D eigenvalue weighted by molar-refractivity contribution is 5.95. The highest BCUT2D eigenvalue weighted by Crippen LogP contribution is 2.25. The molecule has 0 saturated carbocycles. The maximum absolute atomic E-state index is 11.8. The molecule has 3 atom stereocenters. The maximum Gasteiger partial charge on any atom is 0.414 e. The van der Waals surface area contributed by atoms with Crippen LogP contribution in [-0.4, -0.2) is 95.5 Å². The van der Waals surface area contributed by atoms with Gasteiger partial charge in [0, 0.05) is 24.5 Å². The molecule has 13 nitrogen and oxygen atoms in total. The topological polar surface area (TPSA) is 200 Å². The Hall–Kier alpha value is -3.26. The summed E-state index contributed by atoms with van der Waals surface area (Å²) in [5, 5.41) is 32.5. The third-order valence-electron chi connectivity index (χ3n) is 4.40. The van der Waals surface area contributed by atoms with Gasteiger partial charge in [0.2, 0.25) is 0 Å². The minimum atomic E-state index is -2.27. The number of ether oxygens (including phenoxy) is 2. The number of anilines is 2. The van der Waals surface area contributed by atoms with E-state index in [1.165, 1.54) is 0 Å². The smallest absolute Gasteiger partial charge is 0.414 e. The van der Waals surface area contributed by atoms with E-state index in [0.29, 0.717) is 26.2 Å². The van der Waals surface area contributed by atoms with Gasteiger partial charge in [-0.3, -0.25) is 9.69 Å². The highest BCUT2D eigenvalue weighted by Gasteiger charge is 2.31. The van der Waals surface area contributed by atoms with Crippen molar-refractivity contribution >= 4 is 35.3 Å². The molecule has 1 aromatic rings. The first-order valence-corrected chi connectivity index (χ1v) is 9.13. The number of benzene rings is 1. The van der Waals surface area contributed by atoms with Gasteiger partial charge in [-0.25, -0.2) is 14.4 Å². The van der Waals surface area contributed by atoms with Gasteiger partial charge in [0.25, 0.3) is 5.91 Å². The minimum absolute atomic E-state index is 0.0576. The summed E-state index contributed by atoms with van der Waals surface area (Å²) in [7, 11) is 0. The second-order valence-corrected chi connectivity index (χ2v) is 6.53. The molecule has 6 N–H and O–H groups in total. The number of carboxylic acid groups (broad SMARTS) is 2. The van der Waals surface area contributed by atoms with Crippen LogP contribution in [0.4, 0.5) is 16.2 Å². The number of aliphatic hydroxyl groups excluding tert-OH is 2. The first-order chi connectivity index (χ1) is 14.6. The number of cyclic esters (lactones) is 1. The number of morpholine rings is 1. The Bertz CT molecular complexity index is 797. The van der Waals surface area contributed by atoms with Crippen LogP contribution in [0.2, 0.25) is 0 Å². The molecule has 3 rings (SSSR count). The summed E-state index contributed by atoms with van der Waals surface area (Å²) in [6.45, 7) is 1.94. The van der Waals surface area contributed by atoms with Crippen LogP contribution in [-0.2, 0) is 23.9 Å². The van der Waals surface area contributed by atoms with E-state index >= 15 is 0 Å². The SMILES string of the molecule is NC[C@H]1CN(c2ccc(N3CCOCC3=O)cc2)C(=O)O1.O=C(O)C(O)C(O)C(=O)O. The minimum Gasteiger partial charge on any atom is -0.479 e. The summed E-state index contributed by atoms with van der Waals surface area (Å²) in [4.78, 5) is 46.3. The number of carbonyl (C=O) groups excluding carboxylic acids is 2. The lowest BCUT2D eigenvalue weighted by molar-refractivity contribution is -0.165. The van der Waals surface area contributed by atoms with Crippen LogP contribution in [0.15, 0.2) is 24.3 Å². The molecule has 0 aromatic heterocycles. The van der Waals surface area contributed by atoms with Gasteiger partial charge in [0.15, 0.2) is 12.2 Å². The molecule has 2 aliphatic rings. The van der Waals surface area contributed by atoms with Crippen molar-refractivity contribution in [3.8, 4) is 0 Å². The number of hydrogen-bond acceptors (Lipinski definition) is 9. The van der Waals surface area contributed by atoms with Gasteiger partial charge < -0.3 is 40.5 Å². The van der Waals surface area contributed by atoms with Crippen molar-refractivity contribution in [2.24, 2.45) is 5.73 Å². The Morgan fingerprint density at radius 2 is 1.55 bits per heavy atom. The fourth-order valence-electron chi connectivity index (χ4n) is 2.73. The number of nitrogens with zero attached hydrogens (tertiary/aromatic N) is 2. The van der Waals surface area contributed by atoms with Crippen LogP contribution < -0.4 is 15.5 Å². The Morgan fingerprint density at radius 1 is 1.03 bits per heavy atom. The van der Waals surface area contributed by atoms with Crippen LogP contribution in [0.5, 0.6) is 0 Å². The lowest BCUT2D eigenvalue weighted by atomic mass is 10.2. The number of nitrogens with two attached hydrogens (primary N) is 1. The molecule has 2 amide bonds. The fraction of sp³-hybridized carbons (Fsp3) is 0.444. The van der Waals surface area contributed by atoms with Crippen molar-refractivity contribution < 1.29 is 49.1 Å². The van der Waals surface area contributed by atoms with Crippen molar-refractivity contribution in [1.29, 1.82) is 0 Å². The van der Waals surface area contributed by atoms with Gasteiger partial charge in [0.05, 0.1) is 13.2 Å². The predicted molar refractivity (Wildman–Crippen MR) is 104 cm³/mol. The molecule has 0 spiro atoms. The summed E-state index contributed by atoms with van der Waals surface area (Å²) >= 11 is 0. The van der Waals surface area contributed by atoms with E-state index in [1.807, 2.05) is 12.1 Å². The lowest BCUT2D eigenvalue weighted by Gasteiger charge is -2.27. The molecule has 13 heteroatoms. The molecule has 2 heterocycles. The fourth-order valence-corrected chi connectivity index (χ4v) is 2.73. The summed E-state index contributed by atoms with van der Waals surface area (Å²) in [5.74, 6) is -3.59. The van der Waals surface area contributed by atoms with Crippen molar-refractivity contribution in [3.05, 3.63) is 24.3 Å². The van der Waals surface area contributed by atoms with Gasteiger partial charge in [-0.2, -0.15) is 0 Å². The van der Waals surface area contributed by atoms with Crippen molar-refractivity contribution in [1.82, 2.24) is 0 Å². The Kier molecular flexibility index (Phi) is 8.27. The lowest BCUT2D eigenvalue weighted by Crippen LogP contribution is -2.41. The van der Waals surface area contributed by atoms with Crippen molar-refractivity contribution in [3.63, 3.8) is 0 Å². The van der Waals surface area contributed by atoms with E-state index < -0.39 is 24.1 Å². The Morgan fingerprint density at radius 3 is 1.97 bits per heavy atom. The second kappa shape index (κ2) is 10.7. The first-order valence-electron chi connectivity index (χ1n) is 9.13. The normalized spacial score (nSPS) is 20.4. The van der Waals surface area contributed by atoms with E-state index in [1.54, 1.807) is 21.9 Å². The Balaban J connectivity index is 0.000000291. The quantitative estimate of drug-likeness (QED) is 0.334. The van der Waals surface area contributed by atoms with Crippen LogP contribution in [0.3, 0.4) is 0 Å². The number of carboxylic acids is 2. The molecule has 2 fully saturated rings. The largest absolute Gasteiger partial charge is 0.479 e. The molecule has 0 radical (unpaired) electrons. The van der Waals surface area contributed by atoms with Gasteiger partial charge in [0.1, 0.15) is 12.7 Å². The van der Waals surface area contributed by atoms with Crippen molar-refractivity contribution in [2.45, 2.75) is 18.3 Å². The number of carbonyl (C=O) groups is 4. The molecule has 170 valence electrons. The maximum atomic E-state index is 11.8. The highest BCUT2D eigenvalue weighted by atomic mass is 16.6. The molecular formula is C18H23N3O10. The average molecular weight is 441 g/mol. The number of amides is 2. The summed E-state index contributed by atoms with van der Waals surface area (Å²) in [6.07, 6.45) is -5.19. The van der Waals surface area contributed by atoms with Gasteiger partial charge in [-0.1, -0.05) is 0 Å². The van der Waals surface area contributed by atoms with Crippen molar-refractivity contribution in [2.75, 3.05) is 42.6 Å². The second-order valence-electron chi connectivity index (χ2n) is 6.53. The van der Waals surface area contributed by atoms with E-state index in [2.05, 4.69) is 0 Å². The first kappa shape index (κ1) is 24.0. The molecular weight excluding hydrogens is 418 g/mol. The molecule has 2 aliphatic heterocycles. The van der Waals surface area contributed by atoms with E-state index in [9.17, 15) is 19.2 Å². The standard InChI is InChI=1S/C14H17N3O4.C4H6O6/c15-7-12-8-17(14(19)21-12)11-3-1-10(2-4-11)16-5-6-20-9-13(16)18;5-1(3(7)8)2(6)4(9)10/h1-4,12H,5-9,15H2;1-2,5-6H,(H,7,8)(H,9,10)/t12-;/m0./s1. The number of aliphatic hydroxyl groups is 2. The monoisotopic (exact) mass is 441 g/mol. The number of rotatable bonds is 6. The van der Waals surface area contributed by atoms with Gasteiger partial charge in [-0.05, 0) is 24.3 Å². The molecule has 0 bridgehead atoms. The number of aliphatic carboxylic acids is 2. The molecule has 1 aromatic carbocycles. The van der Waals surface area contributed by atoms with Crippen LogP contribution >= 0.6 is 0 Å². The van der Waals surface area contributed by atoms with Crippen LogP contribution in [0.1, 0.15) is 0 Å². The zero-order valence-electron chi connectivity index (χ0n) is 16.3. The van der Waals surface area contributed by atoms with E-state index in [-0.39, 0.29) is 24.7 Å². The molecule has 31 heavy (non-hydrogen) atoms. The average Bonchev–Trinajstić information content (AvgIpc) is 3.14. The third kappa shape index (κ3) is 6.11. The third-order valence-corrected chi connectivity index (χ3v) is 4.40.